The lowest BCUT2D eigenvalue weighted by molar-refractivity contribution is -0.303. The molecular formula is C26H46O12. The molecule has 4 unspecified atom stereocenters. The highest BCUT2D eigenvalue weighted by molar-refractivity contribution is 4.82. The summed E-state index contributed by atoms with van der Waals surface area (Å²) in [6.07, 6.45) is -1.14. The van der Waals surface area contributed by atoms with Crippen molar-refractivity contribution in [1.29, 1.82) is 0 Å². The van der Waals surface area contributed by atoms with Gasteiger partial charge in [-0.15, -0.1) is 0 Å². The lowest BCUT2D eigenvalue weighted by Crippen LogP contribution is -2.50. The average Bonchev–Trinajstić information content (AvgIpc) is 2.94. The van der Waals surface area contributed by atoms with Crippen LogP contribution in [-0.4, -0.2) is 128 Å². The molecule has 4 aliphatic rings. The van der Waals surface area contributed by atoms with Crippen molar-refractivity contribution in [3.8, 4) is 0 Å². The van der Waals surface area contributed by atoms with Crippen molar-refractivity contribution < 1.29 is 57.2 Å². The van der Waals surface area contributed by atoms with Gasteiger partial charge in [0.2, 0.25) is 0 Å². The summed E-state index contributed by atoms with van der Waals surface area (Å²) < 4.78 is 63.9. The van der Waals surface area contributed by atoms with Crippen LogP contribution in [0.1, 0.15) is 32.6 Å². The molecule has 0 saturated carbocycles. The number of methoxy groups -OCH3 is 4. The maximum Gasteiger partial charge on any atom is 0.184 e. The summed E-state index contributed by atoms with van der Waals surface area (Å²) in [6.45, 7) is 4.34. The molecule has 1 N–H and O–H groups in total. The van der Waals surface area contributed by atoms with Gasteiger partial charge in [-0.05, 0) is 18.8 Å². The van der Waals surface area contributed by atoms with Gasteiger partial charge in [0.05, 0.1) is 45.2 Å². The van der Waals surface area contributed by atoms with Crippen LogP contribution in [0, 0.1) is 11.8 Å². The maximum atomic E-state index is 9.84. The van der Waals surface area contributed by atoms with Gasteiger partial charge < -0.3 is 57.2 Å². The minimum absolute atomic E-state index is 0.0970. The number of aliphatic hydroxyl groups excluding tert-OH is 1. The van der Waals surface area contributed by atoms with Gasteiger partial charge in [-0.1, -0.05) is 6.92 Å². The van der Waals surface area contributed by atoms with Gasteiger partial charge in [-0.3, -0.25) is 0 Å². The Kier molecular flexibility index (Phi) is 12.0. The van der Waals surface area contributed by atoms with E-state index < -0.39 is 31.3 Å². The average molecular weight is 551 g/mol. The second-order valence-electron chi connectivity index (χ2n) is 10.7. The summed E-state index contributed by atoms with van der Waals surface area (Å²) in [5, 5.41) is 9.84. The molecule has 0 aromatic heterocycles. The van der Waals surface area contributed by atoms with Crippen molar-refractivity contribution >= 4 is 0 Å². The molecule has 12 nitrogen and oxygen atoms in total. The standard InChI is InChI=1S/C26H46O12/c1-15-6-20(29-3)25(33-10-15)38-18-9-22(31-5)24(36-14-18)34-11-16-7-21(30-4)26(35-12-16)37-17-8-19(28-2)23(27)32-13-17/h15-27H,6-14H2,1-5H3/t15-,16+,17+,18+,19?,20?,21?,22?,23+,24+,25+,26+/m0/s1. The lowest BCUT2D eigenvalue weighted by Gasteiger charge is -2.41. The van der Waals surface area contributed by atoms with Crippen molar-refractivity contribution in [3.05, 3.63) is 0 Å². The second-order valence-corrected chi connectivity index (χ2v) is 10.7. The molecule has 0 aromatic rings. The fraction of sp³-hybridized carbons (Fsp3) is 1.00. The van der Waals surface area contributed by atoms with Crippen LogP contribution in [0.4, 0.5) is 0 Å². The van der Waals surface area contributed by atoms with E-state index in [-0.39, 0.29) is 43.0 Å². The highest BCUT2D eigenvalue weighted by atomic mass is 16.7. The summed E-state index contributed by atoms with van der Waals surface area (Å²) >= 11 is 0. The molecule has 4 rings (SSSR count). The van der Waals surface area contributed by atoms with Crippen molar-refractivity contribution in [2.75, 3.05) is 61.5 Å². The van der Waals surface area contributed by atoms with E-state index in [2.05, 4.69) is 6.92 Å². The van der Waals surface area contributed by atoms with Gasteiger partial charge >= 0.3 is 0 Å². The van der Waals surface area contributed by atoms with Crippen LogP contribution in [0.3, 0.4) is 0 Å². The molecule has 4 fully saturated rings. The quantitative estimate of drug-likeness (QED) is 0.396. The predicted molar refractivity (Wildman–Crippen MR) is 131 cm³/mol. The zero-order valence-corrected chi connectivity index (χ0v) is 23.2. The van der Waals surface area contributed by atoms with Crippen LogP contribution in [0.5, 0.6) is 0 Å². The van der Waals surface area contributed by atoms with E-state index in [1.165, 1.54) is 0 Å². The molecule has 0 amide bonds. The first kappa shape index (κ1) is 30.5. The van der Waals surface area contributed by atoms with E-state index in [9.17, 15) is 5.11 Å². The Morgan fingerprint density at radius 1 is 0.605 bits per heavy atom. The van der Waals surface area contributed by atoms with Crippen LogP contribution < -0.4 is 0 Å². The zero-order valence-electron chi connectivity index (χ0n) is 23.2. The molecule has 38 heavy (non-hydrogen) atoms. The van der Waals surface area contributed by atoms with E-state index >= 15 is 0 Å². The Morgan fingerprint density at radius 2 is 1.13 bits per heavy atom. The Labute approximate surface area is 225 Å². The number of hydrogen-bond acceptors (Lipinski definition) is 12. The van der Waals surface area contributed by atoms with Gasteiger partial charge in [0.15, 0.2) is 25.2 Å². The Morgan fingerprint density at radius 3 is 1.79 bits per heavy atom. The molecule has 12 heteroatoms. The normalized spacial score (nSPS) is 44.7. The number of rotatable bonds is 11. The van der Waals surface area contributed by atoms with E-state index in [4.69, 9.17) is 52.1 Å². The zero-order chi connectivity index (χ0) is 27.1. The minimum Gasteiger partial charge on any atom is -0.376 e. The van der Waals surface area contributed by atoms with Gasteiger partial charge in [0.25, 0.3) is 0 Å². The van der Waals surface area contributed by atoms with Gasteiger partial charge in [0, 0.05) is 47.2 Å². The third-order valence-corrected chi connectivity index (χ3v) is 7.72. The first-order valence-electron chi connectivity index (χ1n) is 13.6. The lowest BCUT2D eigenvalue weighted by atomic mass is 9.99. The molecule has 0 spiro atoms. The van der Waals surface area contributed by atoms with Crippen molar-refractivity contribution in [1.82, 2.24) is 0 Å². The summed E-state index contributed by atoms with van der Waals surface area (Å²) in [6, 6.07) is 0. The summed E-state index contributed by atoms with van der Waals surface area (Å²) in [7, 11) is 6.52. The third-order valence-electron chi connectivity index (χ3n) is 7.72. The van der Waals surface area contributed by atoms with Crippen molar-refractivity contribution in [2.45, 2.75) is 94.4 Å². The molecule has 0 bridgehead atoms. The Hall–Kier alpha value is -0.480. The Bertz CT molecular complexity index is 685. The highest BCUT2D eigenvalue weighted by Crippen LogP contribution is 2.30. The summed E-state index contributed by atoms with van der Waals surface area (Å²) in [4.78, 5) is 0. The van der Waals surface area contributed by atoms with E-state index in [1.54, 1.807) is 28.4 Å². The molecule has 4 heterocycles. The van der Waals surface area contributed by atoms with Crippen molar-refractivity contribution in [2.24, 2.45) is 11.8 Å². The second kappa shape index (κ2) is 14.9. The molecule has 0 aromatic carbocycles. The van der Waals surface area contributed by atoms with Gasteiger partial charge in [0.1, 0.15) is 24.4 Å². The smallest absolute Gasteiger partial charge is 0.184 e. The monoisotopic (exact) mass is 550 g/mol. The number of aliphatic hydroxyl groups is 1. The predicted octanol–water partition coefficient (Wildman–Crippen LogP) is 1.06. The fourth-order valence-electron chi connectivity index (χ4n) is 5.45. The molecule has 222 valence electrons. The summed E-state index contributed by atoms with van der Waals surface area (Å²) in [5.41, 5.74) is 0. The van der Waals surface area contributed by atoms with E-state index in [1.807, 2.05) is 0 Å². The SMILES string of the molecule is COC1C[C@@H](O[C@H]2OC[C@@H](C)CC2OC)CO[C@H]1OC[C@@H]1CO[C@H](O[C@H]2CO[C@@H](O)C(OC)C2)C(OC)C1. The Balaban J connectivity index is 1.20. The number of hydrogen-bond donors (Lipinski definition) is 1. The largest absolute Gasteiger partial charge is 0.376 e. The molecule has 4 aliphatic heterocycles. The van der Waals surface area contributed by atoms with E-state index in [0.29, 0.717) is 51.6 Å². The van der Waals surface area contributed by atoms with Gasteiger partial charge in [-0.2, -0.15) is 0 Å². The molecule has 0 aliphatic carbocycles. The maximum absolute atomic E-state index is 9.84. The molecule has 0 radical (unpaired) electrons. The first-order chi connectivity index (χ1) is 18.4. The summed E-state index contributed by atoms with van der Waals surface area (Å²) in [5.74, 6) is 0.541. The topological polar surface area (TPSA) is 122 Å². The number of ether oxygens (including phenoxy) is 11. The highest BCUT2D eigenvalue weighted by Gasteiger charge is 2.40. The van der Waals surface area contributed by atoms with Crippen LogP contribution in [0.25, 0.3) is 0 Å². The molecule has 12 atom stereocenters. The van der Waals surface area contributed by atoms with Crippen LogP contribution in [-0.2, 0) is 52.1 Å². The van der Waals surface area contributed by atoms with Crippen LogP contribution >= 0.6 is 0 Å². The van der Waals surface area contributed by atoms with Crippen molar-refractivity contribution in [3.63, 3.8) is 0 Å². The third kappa shape index (κ3) is 8.05. The molecule has 4 saturated heterocycles. The van der Waals surface area contributed by atoms with E-state index in [0.717, 1.165) is 6.42 Å². The fourth-order valence-corrected chi connectivity index (χ4v) is 5.45. The van der Waals surface area contributed by atoms with Crippen LogP contribution in [0.15, 0.2) is 0 Å². The molecular weight excluding hydrogens is 504 g/mol. The van der Waals surface area contributed by atoms with Gasteiger partial charge in [-0.25, -0.2) is 0 Å². The first-order valence-corrected chi connectivity index (χ1v) is 13.6. The van der Waals surface area contributed by atoms with Crippen LogP contribution in [0.2, 0.25) is 0 Å². The minimum atomic E-state index is -0.946.